The van der Waals surface area contributed by atoms with E-state index in [2.05, 4.69) is 10.5 Å². The summed E-state index contributed by atoms with van der Waals surface area (Å²) in [7, 11) is 2.81. The minimum absolute atomic E-state index is 0.00911. The molecule has 0 aliphatic carbocycles. The number of carboxylic acids is 1. The molecule has 0 aliphatic heterocycles. The van der Waals surface area contributed by atoms with Gasteiger partial charge in [0.1, 0.15) is 5.82 Å². The zero-order valence-electron chi connectivity index (χ0n) is 18.6. The Kier molecular flexibility index (Phi) is 8.61. The number of hydrogen-bond acceptors (Lipinski definition) is 6. The summed E-state index contributed by atoms with van der Waals surface area (Å²) in [4.78, 5) is 24.3. The molecule has 34 heavy (non-hydrogen) atoms. The second kappa shape index (κ2) is 11.6. The van der Waals surface area contributed by atoms with Crippen molar-refractivity contribution in [2.45, 2.75) is 18.9 Å². The lowest BCUT2D eigenvalue weighted by molar-refractivity contribution is -0.144. The summed E-state index contributed by atoms with van der Waals surface area (Å²) in [6.45, 7) is -0.00911. The molecule has 0 radical (unpaired) electrons. The van der Waals surface area contributed by atoms with Crippen molar-refractivity contribution in [1.29, 1.82) is 0 Å². The number of carbonyl (C=O) groups is 2. The Hall–Kier alpha value is -3.43. The third kappa shape index (κ3) is 6.55. The number of ether oxygens (including phenoxy) is 2. The zero-order chi connectivity index (χ0) is 24.7. The van der Waals surface area contributed by atoms with Crippen molar-refractivity contribution < 1.29 is 33.1 Å². The molecule has 1 amide bonds. The fraction of sp³-hybridized carbons (Fsp3) is 0.292. The van der Waals surface area contributed by atoms with Crippen LogP contribution in [-0.4, -0.2) is 49.0 Å². The Morgan fingerprint density at radius 2 is 1.91 bits per heavy atom. The minimum Gasteiger partial charge on any atom is -0.481 e. The van der Waals surface area contributed by atoms with Gasteiger partial charge in [0.15, 0.2) is 0 Å². The van der Waals surface area contributed by atoms with E-state index in [1.54, 1.807) is 30.3 Å². The van der Waals surface area contributed by atoms with Crippen molar-refractivity contribution in [3.8, 4) is 17.0 Å². The molecule has 0 bridgehead atoms. The second-order valence-electron chi connectivity index (χ2n) is 7.66. The largest absolute Gasteiger partial charge is 0.481 e. The molecule has 10 heteroatoms. The normalized spacial score (nSPS) is 12.7. The van der Waals surface area contributed by atoms with Crippen LogP contribution in [-0.2, 0) is 16.0 Å². The molecule has 2 N–H and O–H groups in total. The van der Waals surface area contributed by atoms with Crippen LogP contribution in [0.15, 0.2) is 53.1 Å². The van der Waals surface area contributed by atoms with Crippen LogP contribution in [0.25, 0.3) is 11.1 Å². The highest BCUT2D eigenvalue weighted by Crippen LogP contribution is 2.27. The van der Waals surface area contributed by atoms with E-state index >= 15 is 0 Å². The average molecular weight is 491 g/mol. The van der Waals surface area contributed by atoms with Gasteiger partial charge < -0.3 is 24.4 Å². The molecular formula is C24H24ClFN2O6. The van der Waals surface area contributed by atoms with E-state index in [4.69, 9.17) is 25.6 Å². The van der Waals surface area contributed by atoms with Gasteiger partial charge in [-0.1, -0.05) is 35.9 Å². The van der Waals surface area contributed by atoms with Gasteiger partial charge in [0.2, 0.25) is 5.76 Å². The highest BCUT2D eigenvalue weighted by atomic mass is 35.5. The fourth-order valence-electron chi connectivity index (χ4n) is 3.52. The number of benzene rings is 2. The Morgan fingerprint density at radius 1 is 1.18 bits per heavy atom. The average Bonchev–Trinajstić information content (AvgIpc) is 3.30. The predicted molar refractivity (Wildman–Crippen MR) is 122 cm³/mol. The Morgan fingerprint density at radius 3 is 2.53 bits per heavy atom. The maximum Gasteiger partial charge on any atom is 0.308 e. The molecule has 0 aliphatic rings. The molecule has 2 aromatic carbocycles. The predicted octanol–water partition coefficient (Wildman–Crippen LogP) is 4.22. The number of carboxylic acid groups (broad SMARTS) is 1. The lowest BCUT2D eigenvalue weighted by atomic mass is 9.94. The lowest BCUT2D eigenvalue weighted by Gasteiger charge is -2.22. The number of aliphatic carboxylic acids is 1. The molecule has 0 fully saturated rings. The van der Waals surface area contributed by atoms with Gasteiger partial charge in [0.25, 0.3) is 11.8 Å². The van der Waals surface area contributed by atoms with Crippen molar-refractivity contribution >= 4 is 23.5 Å². The summed E-state index contributed by atoms with van der Waals surface area (Å²) in [5.74, 6) is -2.73. The molecule has 0 unspecified atom stereocenters. The molecule has 2 atom stereocenters. The quantitative estimate of drug-likeness (QED) is 0.414. The smallest absolute Gasteiger partial charge is 0.308 e. The van der Waals surface area contributed by atoms with Crippen molar-refractivity contribution in [3.05, 3.63) is 70.7 Å². The number of hydrogen-bond donors (Lipinski definition) is 2. The van der Waals surface area contributed by atoms with E-state index in [0.717, 1.165) is 5.56 Å². The van der Waals surface area contributed by atoms with Gasteiger partial charge in [-0.2, -0.15) is 0 Å². The fourth-order valence-corrected chi connectivity index (χ4v) is 3.69. The summed E-state index contributed by atoms with van der Waals surface area (Å²) < 4.78 is 29.1. The highest BCUT2D eigenvalue weighted by molar-refractivity contribution is 6.30. The number of nitrogens with one attached hydrogen (secondary N) is 1. The van der Waals surface area contributed by atoms with Crippen LogP contribution in [0.5, 0.6) is 5.88 Å². The number of amides is 1. The molecule has 8 nitrogen and oxygen atoms in total. The third-order valence-electron chi connectivity index (χ3n) is 5.22. The van der Waals surface area contributed by atoms with Gasteiger partial charge in [-0.25, -0.2) is 4.39 Å². The van der Waals surface area contributed by atoms with Crippen molar-refractivity contribution in [3.63, 3.8) is 0 Å². The number of rotatable bonds is 11. The summed E-state index contributed by atoms with van der Waals surface area (Å²) in [5, 5.41) is 16.4. The van der Waals surface area contributed by atoms with Crippen LogP contribution in [0.3, 0.4) is 0 Å². The van der Waals surface area contributed by atoms with E-state index in [-0.39, 0.29) is 24.7 Å². The summed E-state index contributed by atoms with van der Waals surface area (Å²) in [6, 6.07) is 12.2. The van der Waals surface area contributed by atoms with Gasteiger partial charge in [-0.05, 0) is 47.3 Å². The standard InChI is InChI=1S/C24H24ClFN2O6/c1-32-13-16(24(30)31)10-18(27-23(29)21-12-22(33-2)28-34-21)9-14-3-5-15(6-4-14)19-11-17(25)7-8-20(19)26/h3-8,11-12,16,18H,9-10,13H2,1-2H3,(H,27,29)(H,30,31)/t16-,18+/m0/s1. The minimum atomic E-state index is -1.03. The number of halogens is 2. The topological polar surface area (TPSA) is 111 Å². The first kappa shape index (κ1) is 25.2. The van der Waals surface area contributed by atoms with Crippen molar-refractivity contribution in [1.82, 2.24) is 10.5 Å². The van der Waals surface area contributed by atoms with E-state index in [1.165, 1.54) is 32.4 Å². The Balaban J connectivity index is 1.80. The first-order valence-electron chi connectivity index (χ1n) is 10.4. The molecule has 0 spiro atoms. The summed E-state index contributed by atoms with van der Waals surface area (Å²) in [5.41, 5.74) is 1.82. The number of carbonyl (C=O) groups excluding carboxylic acids is 1. The zero-order valence-corrected chi connectivity index (χ0v) is 19.3. The number of nitrogens with zero attached hydrogens (tertiary/aromatic N) is 1. The van der Waals surface area contributed by atoms with E-state index in [9.17, 15) is 19.1 Å². The van der Waals surface area contributed by atoms with Gasteiger partial charge in [0.05, 0.1) is 25.7 Å². The number of aromatic nitrogens is 1. The molecule has 1 heterocycles. The molecule has 180 valence electrons. The summed E-state index contributed by atoms with van der Waals surface area (Å²) in [6.07, 6.45) is 0.438. The first-order chi connectivity index (χ1) is 16.3. The molecule has 3 rings (SSSR count). The SMILES string of the molecule is COC[C@H](C[C@@H](Cc1ccc(-c2cc(Cl)ccc2F)cc1)NC(=O)c1cc(OC)no1)C(=O)O. The van der Waals surface area contributed by atoms with Crippen molar-refractivity contribution in [2.75, 3.05) is 20.8 Å². The maximum absolute atomic E-state index is 14.2. The van der Waals surface area contributed by atoms with Gasteiger partial charge in [-0.3, -0.25) is 9.59 Å². The molecule has 0 saturated heterocycles. The molecular weight excluding hydrogens is 467 g/mol. The Labute approximate surface area is 200 Å². The molecule has 0 saturated carbocycles. The van der Waals surface area contributed by atoms with Crippen LogP contribution in [0, 0.1) is 11.7 Å². The van der Waals surface area contributed by atoms with Crippen LogP contribution in [0.2, 0.25) is 5.02 Å². The number of methoxy groups -OCH3 is 2. The molecule has 3 aromatic rings. The van der Waals surface area contributed by atoms with Gasteiger partial charge in [0, 0.05) is 23.7 Å². The first-order valence-corrected chi connectivity index (χ1v) is 10.8. The second-order valence-corrected chi connectivity index (χ2v) is 8.09. The molecule has 1 aromatic heterocycles. The summed E-state index contributed by atoms with van der Waals surface area (Å²) >= 11 is 5.99. The third-order valence-corrected chi connectivity index (χ3v) is 5.45. The van der Waals surface area contributed by atoms with E-state index in [1.807, 2.05) is 0 Å². The maximum atomic E-state index is 14.2. The highest BCUT2D eigenvalue weighted by Gasteiger charge is 2.26. The van der Waals surface area contributed by atoms with Crippen LogP contribution >= 0.6 is 11.6 Å². The van der Waals surface area contributed by atoms with Crippen molar-refractivity contribution in [2.24, 2.45) is 5.92 Å². The monoisotopic (exact) mass is 490 g/mol. The van der Waals surface area contributed by atoms with Crippen LogP contribution < -0.4 is 10.1 Å². The van der Waals surface area contributed by atoms with Crippen LogP contribution in [0.4, 0.5) is 4.39 Å². The van der Waals surface area contributed by atoms with Crippen LogP contribution in [0.1, 0.15) is 22.5 Å². The Bertz CT molecular complexity index is 1130. The van der Waals surface area contributed by atoms with Gasteiger partial charge >= 0.3 is 5.97 Å². The van der Waals surface area contributed by atoms with Gasteiger partial charge in [-0.15, -0.1) is 0 Å². The van der Waals surface area contributed by atoms with E-state index in [0.29, 0.717) is 22.6 Å². The van der Waals surface area contributed by atoms with E-state index < -0.39 is 29.7 Å². The lowest BCUT2D eigenvalue weighted by Crippen LogP contribution is -2.39.